The fourth-order valence-corrected chi connectivity index (χ4v) is 1.12. The Morgan fingerprint density at radius 1 is 1.47 bits per heavy atom. The van der Waals surface area contributed by atoms with E-state index in [9.17, 15) is 9.18 Å². The summed E-state index contributed by atoms with van der Waals surface area (Å²) >= 11 is 0. The van der Waals surface area contributed by atoms with Gasteiger partial charge in [-0.2, -0.15) is 0 Å². The Morgan fingerprint density at radius 2 is 2.18 bits per heavy atom. The summed E-state index contributed by atoms with van der Waals surface area (Å²) in [5.74, 6) is 0.161. The summed E-state index contributed by atoms with van der Waals surface area (Å²) in [4.78, 5) is 11.3. The summed E-state index contributed by atoms with van der Waals surface area (Å²) in [7, 11) is 1.47. The predicted octanol–water partition coefficient (Wildman–Crippen LogP) is 3.04. The molecule has 0 aliphatic rings. The molecule has 0 heterocycles. The Balaban J connectivity index is 2.64. The van der Waals surface area contributed by atoms with Crippen LogP contribution in [0.2, 0.25) is 0 Å². The van der Waals surface area contributed by atoms with Crippen molar-refractivity contribution in [1.82, 2.24) is 0 Å². The maximum atomic E-state index is 13.3. The van der Waals surface area contributed by atoms with Crippen LogP contribution in [0.1, 0.15) is 13.8 Å². The molecule has 0 saturated heterocycles. The van der Waals surface area contributed by atoms with Gasteiger partial charge in [0, 0.05) is 6.07 Å². The van der Waals surface area contributed by atoms with Gasteiger partial charge in [0.05, 0.1) is 19.4 Å². The van der Waals surface area contributed by atoms with E-state index in [0.717, 1.165) is 0 Å². The summed E-state index contributed by atoms with van der Waals surface area (Å²) in [5.41, 5.74) is 0.0399. The minimum atomic E-state index is -0.675. The van der Waals surface area contributed by atoms with Crippen molar-refractivity contribution in [3.05, 3.63) is 24.0 Å². The van der Waals surface area contributed by atoms with Gasteiger partial charge in [-0.25, -0.2) is 9.18 Å². The second-order valence-corrected chi connectivity index (χ2v) is 3.96. The molecule has 17 heavy (non-hydrogen) atoms. The zero-order valence-electron chi connectivity index (χ0n) is 10.1. The van der Waals surface area contributed by atoms with Crippen LogP contribution in [-0.4, -0.2) is 19.8 Å². The third kappa shape index (κ3) is 4.30. The number of amides is 1. The molecule has 0 radical (unpaired) electrons. The number of anilines is 1. The molecule has 0 bridgehead atoms. The molecule has 0 aliphatic heterocycles. The van der Waals surface area contributed by atoms with Crippen molar-refractivity contribution in [2.75, 3.05) is 19.0 Å². The first-order valence-corrected chi connectivity index (χ1v) is 5.30. The molecule has 94 valence electrons. The predicted molar refractivity (Wildman–Crippen MR) is 62.8 cm³/mol. The van der Waals surface area contributed by atoms with Crippen molar-refractivity contribution < 1.29 is 18.7 Å². The second-order valence-electron chi connectivity index (χ2n) is 3.96. The number of halogens is 1. The summed E-state index contributed by atoms with van der Waals surface area (Å²) in [6.45, 7) is 4.12. The standard InChI is InChI=1S/C12H16FNO3/c1-8(2)7-17-12(15)14-11-6-9(16-3)4-5-10(11)13/h4-6,8H,7H2,1-3H3,(H,14,15). The van der Waals surface area contributed by atoms with Crippen LogP contribution < -0.4 is 10.1 Å². The van der Waals surface area contributed by atoms with Gasteiger partial charge in [0.15, 0.2) is 0 Å². The van der Waals surface area contributed by atoms with Crippen molar-refractivity contribution >= 4 is 11.8 Å². The van der Waals surface area contributed by atoms with Crippen molar-refractivity contribution in [3.63, 3.8) is 0 Å². The van der Waals surface area contributed by atoms with Crippen molar-refractivity contribution in [2.45, 2.75) is 13.8 Å². The number of benzene rings is 1. The third-order valence-corrected chi connectivity index (χ3v) is 1.96. The molecule has 5 heteroatoms. The number of carbonyl (C=O) groups excluding carboxylic acids is 1. The molecule has 4 nitrogen and oxygen atoms in total. The monoisotopic (exact) mass is 241 g/mol. The highest BCUT2D eigenvalue weighted by atomic mass is 19.1. The molecule has 0 fully saturated rings. The number of methoxy groups -OCH3 is 1. The van der Waals surface area contributed by atoms with E-state index in [2.05, 4.69) is 5.32 Å². The largest absolute Gasteiger partial charge is 0.497 e. The van der Waals surface area contributed by atoms with Gasteiger partial charge in [0.1, 0.15) is 11.6 Å². The van der Waals surface area contributed by atoms with Gasteiger partial charge < -0.3 is 9.47 Å². The number of ether oxygens (including phenoxy) is 2. The van der Waals surface area contributed by atoms with Gasteiger partial charge >= 0.3 is 6.09 Å². The molecule has 0 aromatic heterocycles. The summed E-state index contributed by atoms with van der Waals surface area (Å²) < 4.78 is 23.1. The second kappa shape index (κ2) is 6.08. The topological polar surface area (TPSA) is 47.6 Å². The van der Waals surface area contributed by atoms with Crippen LogP contribution in [0.15, 0.2) is 18.2 Å². The molecular formula is C12H16FNO3. The van der Waals surface area contributed by atoms with Crippen LogP contribution in [0.25, 0.3) is 0 Å². The third-order valence-electron chi connectivity index (χ3n) is 1.96. The Labute approximate surface area is 99.7 Å². The molecule has 0 spiro atoms. The Bertz CT molecular complexity index is 393. The fourth-order valence-electron chi connectivity index (χ4n) is 1.12. The Hall–Kier alpha value is -1.78. The van der Waals surface area contributed by atoms with Gasteiger partial charge in [-0.05, 0) is 18.1 Å². The number of rotatable bonds is 4. The molecular weight excluding hydrogens is 225 g/mol. The van der Waals surface area contributed by atoms with E-state index in [1.54, 1.807) is 0 Å². The lowest BCUT2D eigenvalue weighted by Gasteiger charge is -2.10. The zero-order valence-corrected chi connectivity index (χ0v) is 10.1. The number of hydrogen-bond acceptors (Lipinski definition) is 3. The highest BCUT2D eigenvalue weighted by molar-refractivity contribution is 5.85. The average Bonchev–Trinajstić information content (AvgIpc) is 2.29. The van der Waals surface area contributed by atoms with Crippen LogP contribution in [-0.2, 0) is 4.74 Å². The number of hydrogen-bond donors (Lipinski definition) is 1. The first-order valence-electron chi connectivity index (χ1n) is 5.30. The Kier molecular flexibility index (Phi) is 4.75. The normalized spacial score (nSPS) is 10.2. The molecule has 1 rings (SSSR count). The average molecular weight is 241 g/mol. The molecule has 1 amide bonds. The summed E-state index contributed by atoms with van der Waals surface area (Å²) in [5, 5.41) is 2.32. The van der Waals surface area contributed by atoms with Gasteiger partial charge in [-0.1, -0.05) is 13.8 Å². The van der Waals surface area contributed by atoms with Gasteiger partial charge in [0.25, 0.3) is 0 Å². The van der Waals surface area contributed by atoms with Crippen LogP contribution in [0.4, 0.5) is 14.9 Å². The van der Waals surface area contributed by atoms with Crippen LogP contribution in [0, 0.1) is 11.7 Å². The minimum absolute atomic E-state index is 0.0399. The van der Waals surface area contributed by atoms with Crippen LogP contribution in [0.3, 0.4) is 0 Å². The van der Waals surface area contributed by atoms with Crippen LogP contribution >= 0.6 is 0 Å². The quantitative estimate of drug-likeness (QED) is 0.881. The van der Waals surface area contributed by atoms with E-state index in [4.69, 9.17) is 9.47 Å². The van der Waals surface area contributed by atoms with E-state index in [-0.39, 0.29) is 18.2 Å². The van der Waals surface area contributed by atoms with E-state index >= 15 is 0 Å². The summed E-state index contributed by atoms with van der Waals surface area (Å²) in [6.07, 6.45) is -0.675. The SMILES string of the molecule is COc1ccc(F)c(NC(=O)OCC(C)C)c1. The smallest absolute Gasteiger partial charge is 0.411 e. The molecule has 0 unspecified atom stereocenters. The molecule has 0 saturated carbocycles. The molecule has 0 atom stereocenters. The highest BCUT2D eigenvalue weighted by Crippen LogP contribution is 2.21. The Morgan fingerprint density at radius 3 is 2.76 bits per heavy atom. The van der Waals surface area contributed by atoms with Crippen molar-refractivity contribution in [2.24, 2.45) is 5.92 Å². The van der Waals surface area contributed by atoms with E-state index in [0.29, 0.717) is 5.75 Å². The number of carbonyl (C=O) groups is 1. The summed E-state index contributed by atoms with van der Waals surface area (Å²) in [6, 6.07) is 4.09. The first kappa shape index (κ1) is 13.3. The van der Waals surface area contributed by atoms with Gasteiger partial charge in [0.2, 0.25) is 0 Å². The van der Waals surface area contributed by atoms with E-state index < -0.39 is 11.9 Å². The lowest BCUT2D eigenvalue weighted by atomic mass is 10.2. The van der Waals surface area contributed by atoms with Crippen molar-refractivity contribution in [1.29, 1.82) is 0 Å². The van der Waals surface area contributed by atoms with E-state index in [1.807, 2.05) is 13.8 Å². The van der Waals surface area contributed by atoms with Crippen molar-refractivity contribution in [3.8, 4) is 5.75 Å². The zero-order chi connectivity index (χ0) is 12.8. The lowest BCUT2D eigenvalue weighted by molar-refractivity contribution is 0.147. The maximum absolute atomic E-state index is 13.3. The first-order chi connectivity index (χ1) is 8.02. The number of nitrogens with one attached hydrogen (secondary N) is 1. The van der Waals surface area contributed by atoms with E-state index in [1.165, 1.54) is 25.3 Å². The highest BCUT2D eigenvalue weighted by Gasteiger charge is 2.09. The van der Waals surface area contributed by atoms with Gasteiger partial charge in [-0.3, -0.25) is 5.32 Å². The molecule has 0 aliphatic carbocycles. The van der Waals surface area contributed by atoms with Gasteiger partial charge in [-0.15, -0.1) is 0 Å². The minimum Gasteiger partial charge on any atom is -0.497 e. The molecule has 1 aromatic carbocycles. The van der Waals surface area contributed by atoms with Crippen LogP contribution in [0.5, 0.6) is 5.75 Å². The molecule has 1 N–H and O–H groups in total. The molecule has 1 aromatic rings. The maximum Gasteiger partial charge on any atom is 0.411 e. The lowest BCUT2D eigenvalue weighted by Crippen LogP contribution is -2.17. The fraction of sp³-hybridized carbons (Fsp3) is 0.417.